The molecule has 5 atom stereocenters. The number of esters is 3. The average Bonchev–Trinajstić information content (AvgIpc) is 1.49. The minimum Gasteiger partial charge on any atom is -0.463 e. The monoisotopic (exact) mass is 1410 g/mol. The average molecular weight is 1410 g/mol. The lowest BCUT2D eigenvalue weighted by molar-refractivity contribution is -0.161. The van der Waals surface area contributed by atoms with Gasteiger partial charge in [-0.15, -0.1) is 0 Å². The highest BCUT2D eigenvalue weighted by molar-refractivity contribution is 7.47. The van der Waals surface area contributed by atoms with Crippen LogP contribution in [0.2, 0.25) is 0 Å². The van der Waals surface area contributed by atoms with Gasteiger partial charge in [0.05, 0.1) is 26.4 Å². The molecule has 0 aromatic heterocycles. The lowest BCUT2D eigenvalue weighted by Crippen LogP contribution is -2.30. The molecule has 16 nitrogen and oxygen atoms in total. The minimum atomic E-state index is -4.92. The summed E-state index contributed by atoms with van der Waals surface area (Å²) >= 11 is 0. The summed E-state index contributed by atoms with van der Waals surface area (Å²) in [4.78, 5) is 58.5. The van der Waals surface area contributed by atoms with Gasteiger partial charge in [-0.25, -0.2) is 9.13 Å². The first kappa shape index (κ1) is 94.0. The number of carbonyl (C=O) groups excluding carboxylic acids is 3. The summed E-state index contributed by atoms with van der Waals surface area (Å²) in [5.41, 5.74) is 0. The third kappa shape index (κ3) is 74.0. The van der Waals surface area contributed by atoms with Gasteiger partial charge in [0, 0.05) is 19.3 Å². The second kappa shape index (κ2) is 72.8. The van der Waals surface area contributed by atoms with Crippen molar-refractivity contribution in [1.82, 2.24) is 0 Å². The number of unbranched alkanes of at least 4 members (excludes halogenated alkanes) is 40. The van der Waals surface area contributed by atoms with E-state index in [0.29, 0.717) is 19.3 Å². The Labute approximate surface area is 592 Å². The van der Waals surface area contributed by atoms with Gasteiger partial charge < -0.3 is 34.2 Å². The molecule has 18 heteroatoms. The minimum absolute atomic E-state index is 0.107. The molecule has 0 aromatic carbocycles. The molecular weight excluding hydrogens is 1270 g/mol. The van der Waals surface area contributed by atoms with Gasteiger partial charge in [0.25, 0.3) is 0 Å². The number of rotatable bonds is 75. The van der Waals surface area contributed by atoms with Crippen LogP contribution >= 0.6 is 15.6 Å². The predicted octanol–water partition coefficient (Wildman–Crippen LogP) is 22.7. The van der Waals surface area contributed by atoms with E-state index in [1.807, 2.05) is 0 Å². The zero-order valence-electron chi connectivity index (χ0n) is 61.8. The predicted molar refractivity (Wildman–Crippen MR) is 399 cm³/mol. The first-order valence-electron chi connectivity index (χ1n) is 39.2. The van der Waals surface area contributed by atoms with Gasteiger partial charge in [0.1, 0.15) is 25.4 Å². The largest absolute Gasteiger partial charge is 0.472 e. The highest BCUT2D eigenvalue weighted by Gasteiger charge is 2.29. The fourth-order valence-corrected chi connectivity index (χ4v) is 12.5. The molecule has 5 unspecified atom stereocenters. The maximum atomic E-state index is 12.9. The number of aliphatic hydroxyl groups is 2. The molecular formula is C79H144O16P2. The zero-order valence-corrected chi connectivity index (χ0v) is 63.5. The summed E-state index contributed by atoms with van der Waals surface area (Å²) in [5.74, 6) is -1.57. The van der Waals surface area contributed by atoms with Crippen LogP contribution < -0.4 is 0 Å². The molecule has 566 valence electrons. The Balaban J connectivity index is 4.34. The van der Waals surface area contributed by atoms with Crippen LogP contribution in [0.3, 0.4) is 0 Å². The van der Waals surface area contributed by atoms with Gasteiger partial charge in [-0.1, -0.05) is 312 Å². The summed E-state index contributed by atoms with van der Waals surface area (Å²) in [6.45, 7) is 2.65. The van der Waals surface area contributed by atoms with Gasteiger partial charge in [-0.3, -0.25) is 32.5 Å². The number of allylic oxidation sites excluding steroid dienone is 12. The third-order valence-electron chi connectivity index (χ3n) is 16.9. The molecule has 0 saturated heterocycles. The number of aliphatic hydroxyl groups excluding tert-OH is 2. The Morgan fingerprint density at radius 1 is 0.289 bits per heavy atom. The Bertz CT molecular complexity index is 2060. The number of phosphoric ester groups is 2. The van der Waals surface area contributed by atoms with Crippen LogP contribution in [0.25, 0.3) is 0 Å². The number of hydrogen-bond acceptors (Lipinski definition) is 14. The summed E-state index contributed by atoms with van der Waals surface area (Å²) in [6.07, 6.45) is 79.7. The van der Waals surface area contributed by atoms with Crippen molar-refractivity contribution in [3.05, 3.63) is 72.9 Å². The van der Waals surface area contributed by atoms with Crippen molar-refractivity contribution in [2.75, 3.05) is 39.6 Å². The second-order valence-corrected chi connectivity index (χ2v) is 29.4. The molecule has 97 heavy (non-hydrogen) atoms. The van der Waals surface area contributed by atoms with E-state index in [-0.39, 0.29) is 19.3 Å². The standard InChI is InChI=1S/C79H144O16P2/c1-4-7-10-13-16-19-22-25-27-28-29-30-31-32-33-34-35-36-37-38-39-40-41-42-43-44-46-49-50-53-56-59-62-65-77(82)89-68-74(80)69-91-96(85,86)92-70-75(81)71-93-97(87,88)94-73-76(95-79(84)67-64-61-58-55-52-47-24-21-18-15-12-9-6-3)72-90-78(83)66-63-60-57-54-51-48-45-26-23-20-17-14-11-8-5-2/h16-17,19-20,25-27,29-30,32-33,45,74-76,80-81H,4-15,18,21-24,28,31,34-44,46-73H2,1-3H3,(H,85,86)(H,87,88)/b19-16-,20-17-,27-25-,30-29-,33-32-,45-26-. The summed E-state index contributed by atoms with van der Waals surface area (Å²) in [7, 11) is -9.77. The van der Waals surface area contributed by atoms with Gasteiger partial charge in [-0.2, -0.15) is 0 Å². The fraction of sp³-hybridized carbons (Fsp3) is 0.810. The quantitative estimate of drug-likeness (QED) is 0.0146. The van der Waals surface area contributed by atoms with Crippen molar-refractivity contribution < 1.29 is 75.8 Å². The van der Waals surface area contributed by atoms with Crippen LogP contribution in [0.5, 0.6) is 0 Å². The van der Waals surface area contributed by atoms with Gasteiger partial charge in [0.15, 0.2) is 6.10 Å². The third-order valence-corrected chi connectivity index (χ3v) is 18.8. The Kier molecular flexibility index (Phi) is 70.5. The van der Waals surface area contributed by atoms with Crippen molar-refractivity contribution in [1.29, 1.82) is 0 Å². The Morgan fingerprint density at radius 2 is 0.515 bits per heavy atom. The lowest BCUT2D eigenvalue weighted by atomic mass is 10.0. The molecule has 0 amide bonds. The SMILES string of the molecule is CCCCC/C=C\C/C=C\C/C=C\C/C=C\CCCCCCCCCCCCCCCCCCCC(=O)OCC(O)COP(=O)(O)OCC(O)COP(=O)(O)OCC(COC(=O)CCCCCCC/C=C\C/C=C\CCCCC)OC(=O)CCCCCCCCCCCCCCC. The van der Waals surface area contributed by atoms with Gasteiger partial charge in [-0.05, 0) is 96.3 Å². The molecule has 0 saturated carbocycles. The molecule has 0 aromatic rings. The van der Waals surface area contributed by atoms with Crippen molar-refractivity contribution in [3.63, 3.8) is 0 Å². The second-order valence-electron chi connectivity index (χ2n) is 26.5. The van der Waals surface area contributed by atoms with Gasteiger partial charge in [0.2, 0.25) is 0 Å². The lowest BCUT2D eigenvalue weighted by Gasteiger charge is -2.21. The summed E-state index contributed by atoms with van der Waals surface area (Å²) in [5, 5.41) is 20.6. The summed E-state index contributed by atoms with van der Waals surface area (Å²) < 4.78 is 61.0. The van der Waals surface area contributed by atoms with Crippen LogP contribution in [0.4, 0.5) is 0 Å². The Hall–Kier alpha value is -3.01. The maximum Gasteiger partial charge on any atom is 0.472 e. The smallest absolute Gasteiger partial charge is 0.463 e. The molecule has 0 spiro atoms. The zero-order chi connectivity index (χ0) is 70.9. The van der Waals surface area contributed by atoms with Crippen molar-refractivity contribution in [2.45, 2.75) is 373 Å². The van der Waals surface area contributed by atoms with Crippen molar-refractivity contribution in [2.24, 2.45) is 0 Å². The van der Waals surface area contributed by atoms with Crippen LogP contribution in [-0.4, -0.2) is 95.9 Å². The molecule has 0 rings (SSSR count). The number of ether oxygens (including phenoxy) is 3. The van der Waals surface area contributed by atoms with Gasteiger partial charge >= 0.3 is 33.6 Å². The van der Waals surface area contributed by atoms with Crippen molar-refractivity contribution in [3.8, 4) is 0 Å². The van der Waals surface area contributed by atoms with E-state index in [0.717, 1.165) is 109 Å². The van der Waals surface area contributed by atoms with E-state index in [4.69, 9.17) is 32.3 Å². The molecule has 0 fully saturated rings. The molecule has 0 aliphatic rings. The van der Waals surface area contributed by atoms with Crippen molar-refractivity contribution >= 4 is 33.6 Å². The fourth-order valence-electron chi connectivity index (χ4n) is 10.9. The first-order valence-corrected chi connectivity index (χ1v) is 42.2. The van der Waals surface area contributed by atoms with Crippen LogP contribution in [0.1, 0.15) is 355 Å². The number of carbonyl (C=O) groups is 3. The summed E-state index contributed by atoms with van der Waals surface area (Å²) in [6, 6.07) is 0. The van der Waals surface area contributed by atoms with E-state index < -0.39 is 91.5 Å². The van der Waals surface area contributed by atoms with Crippen LogP contribution in [-0.2, 0) is 55.8 Å². The van der Waals surface area contributed by atoms with E-state index >= 15 is 0 Å². The molecule has 0 heterocycles. The van der Waals surface area contributed by atoms with E-state index in [1.54, 1.807) is 0 Å². The number of hydrogen-bond donors (Lipinski definition) is 4. The highest BCUT2D eigenvalue weighted by atomic mass is 31.2. The van der Waals surface area contributed by atoms with E-state index in [9.17, 15) is 43.5 Å². The molecule has 0 bridgehead atoms. The van der Waals surface area contributed by atoms with Crippen LogP contribution in [0, 0.1) is 0 Å². The van der Waals surface area contributed by atoms with Crippen LogP contribution in [0.15, 0.2) is 72.9 Å². The first-order chi connectivity index (χ1) is 47.2. The molecule has 0 aliphatic carbocycles. The maximum absolute atomic E-state index is 12.9. The molecule has 4 N–H and O–H groups in total. The number of phosphoric acid groups is 2. The van der Waals surface area contributed by atoms with E-state index in [2.05, 4.69) is 93.7 Å². The normalized spacial score (nSPS) is 14.4. The highest BCUT2D eigenvalue weighted by Crippen LogP contribution is 2.45. The molecule has 0 aliphatic heterocycles. The Morgan fingerprint density at radius 3 is 0.835 bits per heavy atom. The molecule has 0 radical (unpaired) electrons. The van der Waals surface area contributed by atoms with E-state index in [1.165, 1.54) is 186 Å². The topological polar surface area (TPSA) is 231 Å².